The third-order valence-electron chi connectivity index (χ3n) is 4.62. The molecule has 0 aliphatic rings. The fraction of sp³-hybridized carbons (Fsp3) is 0.333. The largest absolute Gasteiger partial charge is 0.309 e. The van der Waals surface area contributed by atoms with Crippen molar-refractivity contribution in [1.29, 1.82) is 0 Å². The summed E-state index contributed by atoms with van der Waals surface area (Å²) in [5.74, 6) is -1.20. The first-order valence-electron chi connectivity index (χ1n) is 9.65. The lowest BCUT2D eigenvalue weighted by molar-refractivity contribution is -0.118. The number of fused-ring (bicyclic) bond motifs is 1. The number of rotatable bonds is 9. The quantitative estimate of drug-likeness (QED) is 0.426. The standard InChI is InChI=1S/C21H23ClFN3O3S2/c1-25(2)11-3-12-26(21-24-18-9-4-15(22)14-19(18)30-21)20(27)10-13-31(28,29)17-7-5-16(23)6-8-17/h4-9,14H,3,10-13H2,1-2H3. The van der Waals surface area contributed by atoms with Crippen molar-refractivity contribution in [2.45, 2.75) is 17.7 Å². The summed E-state index contributed by atoms with van der Waals surface area (Å²) >= 11 is 7.40. The Hall–Kier alpha value is -2.07. The molecule has 0 aliphatic carbocycles. The smallest absolute Gasteiger partial charge is 0.229 e. The van der Waals surface area contributed by atoms with Gasteiger partial charge in [0.25, 0.3) is 0 Å². The average Bonchev–Trinajstić information content (AvgIpc) is 3.12. The van der Waals surface area contributed by atoms with E-state index in [2.05, 4.69) is 4.98 Å². The maximum Gasteiger partial charge on any atom is 0.229 e. The zero-order chi connectivity index (χ0) is 22.6. The number of aromatic nitrogens is 1. The molecule has 1 amide bonds. The van der Waals surface area contributed by atoms with Crippen LogP contribution in [-0.4, -0.2) is 57.1 Å². The molecule has 0 fully saturated rings. The lowest BCUT2D eigenvalue weighted by Gasteiger charge is -2.21. The van der Waals surface area contributed by atoms with Crippen LogP contribution < -0.4 is 4.90 Å². The number of sulfone groups is 1. The fourth-order valence-corrected chi connectivity index (χ4v) is 5.50. The third-order valence-corrected chi connectivity index (χ3v) is 7.62. The van der Waals surface area contributed by atoms with Gasteiger partial charge in [0.2, 0.25) is 5.91 Å². The van der Waals surface area contributed by atoms with Crippen molar-refractivity contribution in [2.24, 2.45) is 0 Å². The molecule has 0 aliphatic heterocycles. The molecule has 10 heteroatoms. The van der Waals surface area contributed by atoms with E-state index in [4.69, 9.17) is 11.6 Å². The molecule has 2 aromatic carbocycles. The first kappa shape index (κ1) is 23.6. The summed E-state index contributed by atoms with van der Waals surface area (Å²) in [7, 11) is 0.182. The molecule has 3 rings (SSSR count). The number of amides is 1. The van der Waals surface area contributed by atoms with Gasteiger partial charge in [-0.1, -0.05) is 22.9 Å². The number of nitrogens with zero attached hydrogens (tertiary/aromatic N) is 3. The van der Waals surface area contributed by atoms with Crippen molar-refractivity contribution in [1.82, 2.24) is 9.88 Å². The Morgan fingerprint density at radius 3 is 2.52 bits per heavy atom. The number of benzene rings is 2. The summed E-state index contributed by atoms with van der Waals surface area (Å²) in [4.78, 5) is 21.1. The van der Waals surface area contributed by atoms with Crippen LogP contribution in [0.3, 0.4) is 0 Å². The van der Waals surface area contributed by atoms with Gasteiger partial charge in [-0.05, 0) is 69.5 Å². The summed E-state index contributed by atoms with van der Waals surface area (Å²) in [6.07, 6.45) is 0.512. The van der Waals surface area contributed by atoms with Crippen LogP contribution in [0.5, 0.6) is 0 Å². The van der Waals surface area contributed by atoms with E-state index in [-0.39, 0.29) is 23.0 Å². The third kappa shape index (κ3) is 6.22. The van der Waals surface area contributed by atoms with Gasteiger partial charge in [0.05, 0.1) is 20.9 Å². The predicted octanol–water partition coefficient (Wildman–Crippen LogP) is 4.24. The topological polar surface area (TPSA) is 70.6 Å². The van der Waals surface area contributed by atoms with Gasteiger partial charge >= 0.3 is 0 Å². The van der Waals surface area contributed by atoms with Gasteiger partial charge in [0.15, 0.2) is 15.0 Å². The van der Waals surface area contributed by atoms with Crippen molar-refractivity contribution < 1.29 is 17.6 Å². The first-order valence-corrected chi connectivity index (χ1v) is 12.5. The summed E-state index contributed by atoms with van der Waals surface area (Å²) in [6.45, 7) is 1.19. The van der Waals surface area contributed by atoms with E-state index >= 15 is 0 Å². The monoisotopic (exact) mass is 483 g/mol. The molecule has 0 N–H and O–H groups in total. The Balaban J connectivity index is 1.78. The van der Waals surface area contributed by atoms with Gasteiger partial charge in [0, 0.05) is 18.0 Å². The maximum atomic E-state index is 13.1. The highest BCUT2D eigenvalue weighted by Gasteiger charge is 2.23. The van der Waals surface area contributed by atoms with Crippen LogP contribution in [0.15, 0.2) is 47.4 Å². The zero-order valence-electron chi connectivity index (χ0n) is 17.2. The highest BCUT2D eigenvalue weighted by atomic mass is 35.5. The van der Waals surface area contributed by atoms with Crippen LogP contribution in [0.2, 0.25) is 5.02 Å². The van der Waals surface area contributed by atoms with E-state index < -0.39 is 15.7 Å². The summed E-state index contributed by atoms with van der Waals surface area (Å²) < 4.78 is 39.1. The van der Waals surface area contributed by atoms with E-state index in [0.29, 0.717) is 23.1 Å². The molecule has 1 aromatic heterocycles. The SMILES string of the molecule is CN(C)CCCN(C(=O)CCS(=O)(=O)c1ccc(F)cc1)c1nc2ccc(Cl)cc2s1. The Morgan fingerprint density at radius 1 is 1.13 bits per heavy atom. The van der Waals surface area contributed by atoms with Crippen LogP contribution in [0, 0.1) is 5.82 Å². The van der Waals surface area contributed by atoms with Crippen LogP contribution in [0.4, 0.5) is 9.52 Å². The minimum atomic E-state index is -3.71. The fourth-order valence-electron chi connectivity index (χ4n) is 2.99. The van der Waals surface area contributed by atoms with E-state index in [0.717, 1.165) is 28.9 Å². The second-order valence-corrected chi connectivity index (χ2v) is 10.9. The van der Waals surface area contributed by atoms with E-state index in [9.17, 15) is 17.6 Å². The van der Waals surface area contributed by atoms with Crippen molar-refractivity contribution in [3.63, 3.8) is 0 Å². The van der Waals surface area contributed by atoms with Gasteiger partial charge in [-0.15, -0.1) is 0 Å². The molecule has 0 unspecified atom stereocenters. The minimum absolute atomic E-state index is 0.00418. The second kappa shape index (κ2) is 10.0. The predicted molar refractivity (Wildman–Crippen MR) is 123 cm³/mol. The number of carbonyl (C=O) groups is 1. The Kier molecular flexibility index (Phi) is 7.64. The van der Waals surface area contributed by atoms with E-state index in [1.54, 1.807) is 23.1 Å². The number of hydrogen-bond acceptors (Lipinski definition) is 6. The molecule has 166 valence electrons. The minimum Gasteiger partial charge on any atom is -0.309 e. The molecular weight excluding hydrogens is 461 g/mol. The molecule has 0 bridgehead atoms. The zero-order valence-corrected chi connectivity index (χ0v) is 19.6. The van der Waals surface area contributed by atoms with Gasteiger partial charge in [-0.2, -0.15) is 0 Å². The number of thiazole rings is 1. The van der Waals surface area contributed by atoms with Crippen LogP contribution in [0.1, 0.15) is 12.8 Å². The number of halogens is 2. The molecule has 0 radical (unpaired) electrons. The van der Waals surface area contributed by atoms with Crippen LogP contribution in [-0.2, 0) is 14.6 Å². The normalized spacial score (nSPS) is 11.9. The van der Waals surface area contributed by atoms with Crippen LogP contribution in [0.25, 0.3) is 10.2 Å². The van der Waals surface area contributed by atoms with Crippen molar-refractivity contribution in [3.8, 4) is 0 Å². The van der Waals surface area contributed by atoms with Gasteiger partial charge in [0.1, 0.15) is 5.82 Å². The Labute approximate surface area is 190 Å². The van der Waals surface area contributed by atoms with E-state index in [1.165, 1.54) is 23.5 Å². The average molecular weight is 484 g/mol. The molecule has 31 heavy (non-hydrogen) atoms. The van der Waals surface area contributed by atoms with Gasteiger partial charge < -0.3 is 4.90 Å². The molecule has 3 aromatic rings. The molecule has 0 atom stereocenters. The van der Waals surface area contributed by atoms with Crippen molar-refractivity contribution in [2.75, 3.05) is 37.8 Å². The van der Waals surface area contributed by atoms with Crippen molar-refractivity contribution in [3.05, 3.63) is 53.3 Å². The molecular formula is C21H23ClFN3O3S2. The molecule has 0 saturated carbocycles. The lowest BCUT2D eigenvalue weighted by Crippen LogP contribution is -2.34. The highest BCUT2D eigenvalue weighted by Crippen LogP contribution is 2.31. The van der Waals surface area contributed by atoms with Crippen LogP contribution >= 0.6 is 22.9 Å². The number of carbonyl (C=O) groups excluding carboxylic acids is 1. The number of hydrogen-bond donors (Lipinski definition) is 0. The number of anilines is 1. The molecule has 6 nitrogen and oxygen atoms in total. The molecule has 0 spiro atoms. The van der Waals surface area contributed by atoms with E-state index in [1.807, 2.05) is 19.0 Å². The van der Waals surface area contributed by atoms with Gasteiger partial charge in [-0.25, -0.2) is 17.8 Å². The molecule has 0 saturated heterocycles. The Morgan fingerprint density at radius 2 is 1.84 bits per heavy atom. The summed E-state index contributed by atoms with van der Waals surface area (Å²) in [6, 6.07) is 9.92. The second-order valence-electron chi connectivity index (χ2n) is 7.33. The van der Waals surface area contributed by atoms with Gasteiger partial charge in [-0.3, -0.25) is 9.69 Å². The Bertz CT molecular complexity index is 1160. The van der Waals surface area contributed by atoms with Crippen molar-refractivity contribution >= 4 is 54.0 Å². The molecule has 1 heterocycles. The summed E-state index contributed by atoms with van der Waals surface area (Å²) in [5, 5.41) is 1.10. The summed E-state index contributed by atoms with van der Waals surface area (Å²) in [5.41, 5.74) is 0.730. The highest BCUT2D eigenvalue weighted by molar-refractivity contribution is 7.91. The first-order chi connectivity index (χ1) is 14.7. The maximum absolute atomic E-state index is 13.1. The lowest BCUT2D eigenvalue weighted by atomic mass is 10.3.